The lowest BCUT2D eigenvalue weighted by Gasteiger charge is -1.99. The minimum absolute atomic E-state index is 0.619. The molecule has 2 aromatic rings. The lowest BCUT2D eigenvalue weighted by Crippen LogP contribution is -1.84. The van der Waals surface area contributed by atoms with Crippen molar-refractivity contribution in [1.82, 2.24) is 10.2 Å². The van der Waals surface area contributed by atoms with Gasteiger partial charge in [0.1, 0.15) is 0 Å². The third-order valence-electron chi connectivity index (χ3n) is 1.85. The predicted molar refractivity (Wildman–Crippen MR) is 54.6 cm³/mol. The molecule has 0 aliphatic carbocycles. The van der Waals surface area contributed by atoms with E-state index in [1.165, 1.54) is 6.20 Å². The van der Waals surface area contributed by atoms with Gasteiger partial charge in [0.2, 0.25) is 0 Å². The van der Waals surface area contributed by atoms with E-state index in [-0.39, 0.29) is 0 Å². The molecule has 0 N–H and O–H groups in total. The zero-order valence-corrected chi connectivity index (χ0v) is 7.62. The van der Waals surface area contributed by atoms with E-state index in [9.17, 15) is 0 Å². The molecule has 2 nitrogen and oxygen atoms in total. The van der Waals surface area contributed by atoms with E-state index >= 15 is 0 Å². The fourth-order valence-corrected chi connectivity index (χ4v) is 1.37. The van der Waals surface area contributed by atoms with Gasteiger partial charge in [0, 0.05) is 5.39 Å². The highest BCUT2D eigenvalue weighted by Crippen LogP contribution is 2.21. The third kappa shape index (κ3) is 1.40. The molecule has 0 spiro atoms. The first kappa shape index (κ1) is 8.20. The Hall–Kier alpha value is -1.41. The molecule has 0 radical (unpaired) electrons. The van der Waals surface area contributed by atoms with Gasteiger partial charge in [0.05, 0.1) is 16.7 Å². The van der Waals surface area contributed by atoms with Crippen LogP contribution in [-0.2, 0) is 0 Å². The summed E-state index contributed by atoms with van der Waals surface area (Å²) in [5.74, 6) is 0. The lowest BCUT2D eigenvalue weighted by atomic mass is 10.1. The summed E-state index contributed by atoms with van der Waals surface area (Å²) in [6.45, 7) is 3.69. The molecule has 0 saturated heterocycles. The monoisotopic (exact) mass is 190 g/mol. The normalized spacial score (nSPS) is 10.2. The van der Waals surface area contributed by atoms with Crippen molar-refractivity contribution >= 4 is 28.6 Å². The van der Waals surface area contributed by atoms with Crippen LogP contribution in [-0.4, -0.2) is 10.2 Å². The van der Waals surface area contributed by atoms with E-state index < -0.39 is 0 Å². The molecule has 2 rings (SSSR count). The van der Waals surface area contributed by atoms with E-state index in [0.717, 1.165) is 16.5 Å². The molecule has 0 atom stereocenters. The second kappa shape index (κ2) is 3.15. The predicted octanol–water partition coefficient (Wildman–Crippen LogP) is 2.93. The summed E-state index contributed by atoms with van der Waals surface area (Å²) in [7, 11) is 0. The van der Waals surface area contributed by atoms with E-state index in [4.69, 9.17) is 11.6 Å². The van der Waals surface area contributed by atoms with Crippen LogP contribution in [0.3, 0.4) is 0 Å². The van der Waals surface area contributed by atoms with Crippen molar-refractivity contribution in [1.29, 1.82) is 0 Å². The van der Waals surface area contributed by atoms with Crippen molar-refractivity contribution in [2.24, 2.45) is 0 Å². The summed E-state index contributed by atoms with van der Waals surface area (Å²) in [4.78, 5) is 0. The van der Waals surface area contributed by atoms with Crippen molar-refractivity contribution in [3.05, 3.63) is 41.6 Å². The fourth-order valence-electron chi connectivity index (χ4n) is 1.17. The zero-order valence-electron chi connectivity index (χ0n) is 6.87. The van der Waals surface area contributed by atoms with Crippen LogP contribution in [0.5, 0.6) is 0 Å². The Morgan fingerprint density at radius 1 is 1.38 bits per heavy atom. The Kier molecular flexibility index (Phi) is 1.99. The Bertz CT molecular complexity index is 465. The number of aromatic nitrogens is 2. The topological polar surface area (TPSA) is 25.8 Å². The van der Waals surface area contributed by atoms with Crippen molar-refractivity contribution in [2.45, 2.75) is 0 Å². The van der Waals surface area contributed by atoms with Crippen LogP contribution in [0.2, 0.25) is 5.02 Å². The third-order valence-corrected chi connectivity index (χ3v) is 2.15. The van der Waals surface area contributed by atoms with Gasteiger partial charge >= 0.3 is 0 Å². The molecule has 1 heterocycles. The van der Waals surface area contributed by atoms with E-state index in [2.05, 4.69) is 16.8 Å². The van der Waals surface area contributed by atoms with Gasteiger partial charge in [-0.1, -0.05) is 30.3 Å². The van der Waals surface area contributed by atoms with Crippen molar-refractivity contribution < 1.29 is 0 Å². The maximum absolute atomic E-state index is 5.95. The molecule has 0 bridgehead atoms. The highest BCUT2D eigenvalue weighted by atomic mass is 35.5. The van der Waals surface area contributed by atoms with Crippen LogP contribution < -0.4 is 0 Å². The lowest BCUT2D eigenvalue weighted by molar-refractivity contribution is 1.08. The Balaban J connectivity index is 2.81. The molecule has 64 valence electrons. The number of nitrogens with zero attached hydrogens (tertiary/aromatic N) is 2. The molecule has 1 aromatic carbocycles. The van der Waals surface area contributed by atoms with Gasteiger partial charge in [0.25, 0.3) is 0 Å². The van der Waals surface area contributed by atoms with Gasteiger partial charge in [-0.2, -0.15) is 10.2 Å². The van der Waals surface area contributed by atoms with Crippen LogP contribution >= 0.6 is 11.6 Å². The molecule has 0 amide bonds. The standard InChI is InChI=1S/C10H7ClN2/c1-2-7-3-4-10-8(5-7)9(11)6-12-13-10/h2-6H,1H2. The summed E-state index contributed by atoms with van der Waals surface area (Å²) >= 11 is 5.95. The smallest absolute Gasteiger partial charge is 0.0945 e. The largest absolute Gasteiger partial charge is 0.157 e. The Morgan fingerprint density at radius 2 is 2.23 bits per heavy atom. The summed E-state index contributed by atoms with van der Waals surface area (Å²) in [6, 6.07) is 5.75. The first-order valence-electron chi connectivity index (χ1n) is 3.84. The first-order chi connectivity index (χ1) is 6.31. The number of fused-ring (bicyclic) bond motifs is 1. The molecule has 0 aliphatic heterocycles. The highest BCUT2D eigenvalue weighted by molar-refractivity contribution is 6.35. The van der Waals surface area contributed by atoms with E-state index in [1.807, 2.05) is 18.2 Å². The molecule has 0 aliphatic rings. The molecule has 3 heteroatoms. The van der Waals surface area contributed by atoms with Gasteiger partial charge < -0.3 is 0 Å². The summed E-state index contributed by atoms with van der Waals surface area (Å²) in [5, 5.41) is 9.24. The highest BCUT2D eigenvalue weighted by Gasteiger charge is 1.99. The van der Waals surface area contributed by atoms with Crippen molar-refractivity contribution in [3.8, 4) is 0 Å². The van der Waals surface area contributed by atoms with Crippen LogP contribution in [0, 0.1) is 0 Å². The van der Waals surface area contributed by atoms with Crippen LogP contribution in [0.25, 0.3) is 17.0 Å². The minimum atomic E-state index is 0.619. The number of hydrogen-bond donors (Lipinski definition) is 0. The maximum atomic E-state index is 5.95. The van der Waals surface area contributed by atoms with Crippen molar-refractivity contribution in [2.75, 3.05) is 0 Å². The van der Waals surface area contributed by atoms with E-state index in [0.29, 0.717) is 5.02 Å². The van der Waals surface area contributed by atoms with Crippen LogP contribution in [0.4, 0.5) is 0 Å². The fraction of sp³-hybridized carbons (Fsp3) is 0. The summed E-state index contributed by atoms with van der Waals surface area (Å²) < 4.78 is 0. The number of benzene rings is 1. The molecule has 1 aromatic heterocycles. The number of halogens is 1. The second-order valence-electron chi connectivity index (χ2n) is 2.67. The summed E-state index contributed by atoms with van der Waals surface area (Å²) in [5.41, 5.74) is 1.83. The number of hydrogen-bond acceptors (Lipinski definition) is 2. The maximum Gasteiger partial charge on any atom is 0.0945 e. The molecule has 0 fully saturated rings. The average Bonchev–Trinajstić information content (AvgIpc) is 2.18. The van der Waals surface area contributed by atoms with Crippen molar-refractivity contribution in [3.63, 3.8) is 0 Å². The van der Waals surface area contributed by atoms with Gasteiger partial charge in [0.15, 0.2) is 0 Å². The van der Waals surface area contributed by atoms with Gasteiger partial charge in [-0.3, -0.25) is 0 Å². The SMILES string of the molecule is C=Cc1ccc2nncc(Cl)c2c1. The van der Waals surface area contributed by atoms with E-state index in [1.54, 1.807) is 6.08 Å². The number of rotatable bonds is 1. The Labute approximate surface area is 80.9 Å². The molecule has 13 heavy (non-hydrogen) atoms. The molecular formula is C10H7ClN2. The van der Waals surface area contributed by atoms with Crippen LogP contribution in [0.1, 0.15) is 5.56 Å². The Morgan fingerprint density at radius 3 is 3.00 bits per heavy atom. The molecule has 0 saturated carbocycles. The van der Waals surface area contributed by atoms with Gasteiger partial charge in [-0.15, -0.1) is 0 Å². The molecular weight excluding hydrogens is 184 g/mol. The van der Waals surface area contributed by atoms with Gasteiger partial charge in [-0.25, -0.2) is 0 Å². The quantitative estimate of drug-likeness (QED) is 0.691. The zero-order chi connectivity index (χ0) is 9.26. The summed E-state index contributed by atoms with van der Waals surface area (Å²) in [6.07, 6.45) is 3.31. The average molecular weight is 191 g/mol. The van der Waals surface area contributed by atoms with Gasteiger partial charge in [-0.05, 0) is 17.7 Å². The first-order valence-corrected chi connectivity index (χ1v) is 4.22. The van der Waals surface area contributed by atoms with Crippen LogP contribution in [0.15, 0.2) is 31.0 Å². The second-order valence-corrected chi connectivity index (χ2v) is 3.08. The molecule has 0 unspecified atom stereocenters. The minimum Gasteiger partial charge on any atom is -0.157 e.